The van der Waals surface area contributed by atoms with Crippen LogP contribution in [0.15, 0.2) is 53.4 Å². The number of hydrogen-bond donors (Lipinski definition) is 1. The molecule has 2 N–H and O–H groups in total. The van der Waals surface area contributed by atoms with Crippen LogP contribution in [0.3, 0.4) is 0 Å². The van der Waals surface area contributed by atoms with Crippen LogP contribution in [0.2, 0.25) is 0 Å². The smallest absolute Gasteiger partial charge is 0.338 e. The number of nitrogen functional groups attached to an aromatic ring is 1. The second kappa shape index (κ2) is 7.61. The Morgan fingerprint density at radius 2 is 1.92 bits per heavy atom. The third kappa shape index (κ3) is 4.14. The minimum atomic E-state index is -0.529. The number of carbonyl (C=O) groups excluding carboxylic acids is 2. The fraction of sp³-hybridized carbons (Fsp3) is 0.263. The van der Waals surface area contributed by atoms with Crippen LogP contribution in [-0.2, 0) is 9.53 Å². The highest BCUT2D eigenvalue weighted by atomic mass is 32.2. The van der Waals surface area contributed by atoms with Crippen molar-refractivity contribution in [3.05, 3.63) is 54.1 Å². The van der Waals surface area contributed by atoms with E-state index in [-0.39, 0.29) is 12.5 Å². The number of nitrogens with two attached hydrogens (primary N) is 1. The summed E-state index contributed by atoms with van der Waals surface area (Å²) >= 11 is 1.76. The summed E-state index contributed by atoms with van der Waals surface area (Å²) in [4.78, 5) is 27.5. The lowest BCUT2D eigenvalue weighted by molar-refractivity contribution is -0.121. The van der Waals surface area contributed by atoms with Gasteiger partial charge in [-0.15, -0.1) is 11.8 Å². The van der Waals surface area contributed by atoms with Gasteiger partial charge in [-0.25, -0.2) is 4.79 Å². The predicted octanol–water partition coefficient (Wildman–Crippen LogP) is 3.34. The Balaban J connectivity index is 1.68. The molecule has 0 saturated carbocycles. The van der Waals surface area contributed by atoms with Crippen LogP contribution >= 0.6 is 11.8 Å². The average Bonchev–Trinajstić information content (AvgIpc) is 2.78. The molecular weight excluding hydrogens is 336 g/mol. The van der Waals surface area contributed by atoms with Crippen molar-refractivity contribution in [3.63, 3.8) is 0 Å². The molecule has 0 saturated heterocycles. The highest BCUT2D eigenvalue weighted by Crippen LogP contribution is 2.37. The maximum Gasteiger partial charge on any atom is 0.338 e. The van der Waals surface area contributed by atoms with Gasteiger partial charge in [0.25, 0.3) is 5.91 Å². The standard InChI is InChI=1S/C19H20N2O3S/c1-13-10-11-21(16-4-2-3-5-17(16)25-13)18(22)12-24-19(23)14-6-8-15(20)9-7-14/h2-9,13H,10-12,20H2,1H3/t13-/m0/s1. The highest BCUT2D eigenvalue weighted by molar-refractivity contribution is 8.00. The molecule has 2 aromatic rings. The summed E-state index contributed by atoms with van der Waals surface area (Å²) < 4.78 is 5.19. The van der Waals surface area contributed by atoms with Gasteiger partial charge in [-0.2, -0.15) is 0 Å². The van der Waals surface area contributed by atoms with E-state index in [9.17, 15) is 9.59 Å². The normalized spacial score (nSPS) is 16.7. The van der Waals surface area contributed by atoms with Crippen molar-refractivity contribution >= 4 is 35.0 Å². The Morgan fingerprint density at radius 1 is 1.20 bits per heavy atom. The number of anilines is 2. The largest absolute Gasteiger partial charge is 0.452 e. The molecule has 5 nitrogen and oxygen atoms in total. The van der Waals surface area contributed by atoms with Crippen LogP contribution in [0.5, 0.6) is 0 Å². The summed E-state index contributed by atoms with van der Waals surface area (Å²) in [5, 5.41) is 0.427. The molecule has 1 amide bonds. The number of fused-ring (bicyclic) bond motifs is 1. The zero-order valence-corrected chi connectivity index (χ0v) is 14.8. The lowest BCUT2D eigenvalue weighted by Crippen LogP contribution is -2.35. The van der Waals surface area contributed by atoms with Gasteiger partial charge in [0, 0.05) is 22.4 Å². The third-order valence-electron chi connectivity index (χ3n) is 4.02. The molecule has 2 aromatic carbocycles. The van der Waals surface area contributed by atoms with Gasteiger partial charge in [0.1, 0.15) is 0 Å². The maximum absolute atomic E-state index is 12.6. The summed E-state index contributed by atoms with van der Waals surface area (Å²) in [6.07, 6.45) is 0.886. The first kappa shape index (κ1) is 17.4. The Kier molecular flexibility index (Phi) is 5.28. The predicted molar refractivity (Wildman–Crippen MR) is 99.9 cm³/mol. The van der Waals surface area contributed by atoms with Crippen molar-refractivity contribution in [1.82, 2.24) is 0 Å². The molecule has 1 aliphatic rings. The van der Waals surface area contributed by atoms with Crippen LogP contribution in [0, 0.1) is 0 Å². The zero-order chi connectivity index (χ0) is 17.8. The van der Waals surface area contributed by atoms with E-state index in [1.807, 2.05) is 24.3 Å². The van der Waals surface area contributed by atoms with Gasteiger partial charge in [-0.1, -0.05) is 19.1 Å². The minimum Gasteiger partial charge on any atom is -0.452 e. The molecule has 0 aliphatic carbocycles. The summed E-state index contributed by atoms with van der Waals surface area (Å²) in [6, 6.07) is 14.2. The number of nitrogens with zero attached hydrogens (tertiary/aromatic N) is 1. The quantitative estimate of drug-likeness (QED) is 0.674. The van der Waals surface area contributed by atoms with Gasteiger partial charge in [-0.3, -0.25) is 4.79 Å². The summed E-state index contributed by atoms with van der Waals surface area (Å²) in [5.41, 5.74) is 7.43. The number of carbonyl (C=O) groups is 2. The van der Waals surface area contributed by atoms with E-state index in [0.717, 1.165) is 17.0 Å². The lowest BCUT2D eigenvalue weighted by Gasteiger charge is -2.22. The number of amides is 1. The van der Waals surface area contributed by atoms with Crippen molar-refractivity contribution in [2.24, 2.45) is 0 Å². The number of ether oxygens (including phenoxy) is 1. The molecule has 1 atom stereocenters. The molecule has 3 rings (SSSR count). The van der Waals surface area contributed by atoms with Crippen LogP contribution in [0.25, 0.3) is 0 Å². The van der Waals surface area contributed by atoms with Crippen molar-refractivity contribution in [1.29, 1.82) is 0 Å². The summed E-state index contributed by atoms with van der Waals surface area (Å²) in [7, 11) is 0. The van der Waals surface area contributed by atoms with Gasteiger partial charge in [-0.05, 0) is 42.8 Å². The molecule has 0 spiro atoms. The fourth-order valence-corrected chi connectivity index (χ4v) is 3.77. The number of benzene rings is 2. The molecule has 130 valence electrons. The van der Waals surface area contributed by atoms with Gasteiger partial charge < -0.3 is 15.4 Å². The first-order chi connectivity index (χ1) is 12.0. The molecular formula is C19H20N2O3S. The maximum atomic E-state index is 12.6. The van der Waals surface area contributed by atoms with E-state index in [1.165, 1.54) is 0 Å². The van der Waals surface area contributed by atoms with Gasteiger partial charge in [0.15, 0.2) is 6.61 Å². The average molecular weight is 356 g/mol. The van der Waals surface area contributed by atoms with Crippen LogP contribution in [-0.4, -0.2) is 30.3 Å². The summed E-state index contributed by atoms with van der Waals surface area (Å²) in [6.45, 7) is 2.48. The SMILES string of the molecule is C[C@H]1CCN(C(=O)COC(=O)c2ccc(N)cc2)c2ccccc2S1. The topological polar surface area (TPSA) is 72.6 Å². The number of esters is 1. The van der Waals surface area contributed by atoms with Crippen molar-refractivity contribution < 1.29 is 14.3 Å². The van der Waals surface area contributed by atoms with Crippen molar-refractivity contribution in [2.75, 3.05) is 23.8 Å². The lowest BCUT2D eigenvalue weighted by atomic mass is 10.2. The van der Waals surface area contributed by atoms with E-state index in [0.29, 0.717) is 23.0 Å². The molecule has 1 heterocycles. The first-order valence-corrected chi connectivity index (χ1v) is 9.01. The monoisotopic (exact) mass is 356 g/mol. The van der Waals surface area contributed by atoms with Crippen molar-refractivity contribution in [2.45, 2.75) is 23.5 Å². The summed E-state index contributed by atoms with van der Waals surface area (Å²) in [5.74, 6) is -0.745. The van der Waals surface area contributed by atoms with Gasteiger partial charge in [0.05, 0.1) is 11.3 Å². The van der Waals surface area contributed by atoms with E-state index in [4.69, 9.17) is 10.5 Å². The number of thioether (sulfide) groups is 1. The van der Waals surface area contributed by atoms with E-state index in [1.54, 1.807) is 40.9 Å². The van der Waals surface area contributed by atoms with Crippen molar-refractivity contribution in [3.8, 4) is 0 Å². The van der Waals surface area contributed by atoms with E-state index < -0.39 is 5.97 Å². The van der Waals surface area contributed by atoms with E-state index >= 15 is 0 Å². The molecule has 0 fully saturated rings. The second-order valence-electron chi connectivity index (χ2n) is 5.93. The molecule has 25 heavy (non-hydrogen) atoms. The number of hydrogen-bond acceptors (Lipinski definition) is 5. The number of para-hydroxylation sites is 1. The molecule has 6 heteroatoms. The Bertz CT molecular complexity index is 776. The highest BCUT2D eigenvalue weighted by Gasteiger charge is 2.24. The Labute approximate surface area is 151 Å². The van der Waals surface area contributed by atoms with Gasteiger partial charge in [0.2, 0.25) is 0 Å². The first-order valence-electron chi connectivity index (χ1n) is 8.13. The molecule has 0 bridgehead atoms. The zero-order valence-electron chi connectivity index (χ0n) is 14.0. The Hall–Kier alpha value is -2.47. The molecule has 1 aliphatic heterocycles. The Morgan fingerprint density at radius 3 is 2.68 bits per heavy atom. The number of rotatable bonds is 3. The van der Waals surface area contributed by atoms with Crippen LogP contribution in [0.4, 0.5) is 11.4 Å². The van der Waals surface area contributed by atoms with Crippen LogP contribution < -0.4 is 10.6 Å². The molecule has 0 unspecified atom stereocenters. The molecule has 0 radical (unpaired) electrons. The third-order valence-corrected chi connectivity index (χ3v) is 5.25. The minimum absolute atomic E-state index is 0.217. The van der Waals surface area contributed by atoms with E-state index in [2.05, 4.69) is 6.92 Å². The fourth-order valence-electron chi connectivity index (χ4n) is 2.65. The van der Waals surface area contributed by atoms with Crippen LogP contribution in [0.1, 0.15) is 23.7 Å². The van der Waals surface area contributed by atoms with Gasteiger partial charge >= 0.3 is 5.97 Å². The second-order valence-corrected chi connectivity index (χ2v) is 7.41. The molecule has 0 aromatic heterocycles.